The van der Waals surface area contributed by atoms with E-state index >= 15 is 0 Å². The van der Waals surface area contributed by atoms with Gasteiger partial charge < -0.3 is 4.74 Å². The number of rotatable bonds is 4. The van der Waals surface area contributed by atoms with E-state index in [1.807, 2.05) is 29.7 Å². The van der Waals surface area contributed by atoms with Crippen LogP contribution in [-0.2, 0) is 6.61 Å². The lowest BCUT2D eigenvalue weighted by Gasteiger charge is -2.08. The number of hydrazine groups is 1. The molecule has 0 bridgehead atoms. The molecule has 0 saturated carbocycles. The SMILES string of the molecule is NNC(=O)c1cccc(COc2ccccc2Br)n1. The highest BCUT2D eigenvalue weighted by molar-refractivity contribution is 9.10. The summed E-state index contributed by atoms with van der Waals surface area (Å²) in [7, 11) is 0. The smallest absolute Gasteiger partial charge is 0.283 e. The van der Waals surface area contributed by atoms with Crippen LogP contribution in [0.1, 0.15) is 16.2 Å². The van der Waals surface area contributed by atoms with Crippen molar-refractivity contribution in [3.8, 4) is 5.75 Å². The van der Waals surface area contributed by atoms with E-state index in [-0.39, 0.29) is 12.3 Å². The molecule has 2 aromatic rings. The fourth-order valence-corrected chi connectivity index (χ4v) is 1.87. The van der Waals surface area contributed by atoms with Gasteiger partial charge in [-0.25, -0.2) is 10.8 Å². The molecule has 0 aliphatic heterocycles. The first-order chi connectivity index (χ1) is 9.20. The number of halogens is 1. The van der Waals surface area contributed by atoms with Crippen molar-refractivity contribution in [3.63, 3.8) is 0 Å². The maximum Gasteiger partial charge on any atom is 0.283 e. The Bertz CT molecular complexity index is 590. The Morgan fingerprint density at radius 1 is 1.26 bits per heavy atom. The zero-order valence-electron chi connectivity index (χ0n) is 9.97. The molecule has 0 atom stereocenters. The van der Waals surface area contributed by atoms with Crippen LogP contribution in [0.15, 0.2) is 46.9 Å². The van der Waals surface area contributed by atoms with Gasteiger partial charge in [-0.2, -0.15) is 0 Å². The largest absolute Gasteiger partial charge is 0.486 e. The van der Waals surface area contributed by atoms with Crippen molar-refractivity contribution in [2.75, 3.05) is 0 Å². The number of hydrogen-bond acceptors (Lipinski definition) is 4. The summed E-state index contributed by atoms with van der Waals surface area (Å²) >= 11 is 3.39. The summed E-state index contributed by atoms with van der Waals surface area (Å²) in [4.78, 5) is 15.5. The van der Waals surface area contributed by atoms with Gasteiger partial charge in [-0.1, -0.05) is 18.2 Å². The third-order valence-corrected chi connectivity index (χ3v) is 3.04. The first kappa shape index (κ1) is 13.5. The maximum absolute atomic E-state index is 11.3. The van der Waals surface area contributed by atoms with Crippen LogP contribution in [0.2, 0.25) is 0 Å². The molecule has 0 fully saturated rings. The summed E-state index contributed by atoms with van der Waals surface area (Å²) in [5.41, 5.74) is 2.95. The number of para-hydroxylation sites is 1. The van der Waals surface area contributed by atoms with E-state index < -0.39 is 5.91 Å². The van der Waals surface area contributed by atoms with E-state index in [2.05, 4.69) is 20.9 Å². The molecule has 1 aromatic carbocycles. The van der Waals surface area contributed by atoms with E-state index in [0.717, 1.165) is 10.2 Å². The van der Waals surface area contributed by atoms with Gasteiger partial charge in [0.15, 0.2) is 0 Å². The molecule has 1 amide bonds. The molecular formula is C13H12BrN3O2. The Labute approximate surface area is 118 Å². The monoisotopic (exact) mass is 321 g/mol. The molecule has 1 aromatic heterocycles. The number of carbonyl (C=O) groups excluding carboxylic acids is 1. The molecule has 2 rings (SSSR count). The molecular weight excluding hydrogens is 310 g/mol. The highest BCUT2D eigenvalue weighted by Crippen LogP contribution is 2.24. The summed E-state index contributed by atoms with van der Waals surface area (Å²) in [6.45, 7) is 0.272. The number of aromatic nitrogens is 1. The first-order valence-corrected chi connectivity index (χ1v) is 6.34. The number of pyridine rings is 1. The topological polar surface area (TPSA) is 77.2 Å². The van der Waals surface area contributed by atoms with Gasteiger partial charge in [-0.05, 0) is 40.2 Å². The van der Waals surface area contributed by atoms with Crippen molar-refractivity contribution in [2.45, 2.75) is 6.61 Å². The van der Waals surface area contributed by atoms with Crippen LogP contribution in [-0.4, -0.2) is 10.9 Å². The molecule has 98 valence electrons. The van der Waals surface area contributed by atoms with Gasteiger partial charge in [0.2, 0.25) is 0 Å². The molecule has 0 aliphatic rings. The summed E-state index contributed by atoms with van der Waals surface area (Å²) < 4.78 is 6.49. The summed E-state index contributed by atoms with van der Waals surface area (Å²) in [5, 5.41) is 0. The Morgan fingerprint density at radius 3 is 2.79 bits per heavy atom. The van der Waals surface area contributed by atoms with Gasteiger partial charge in [0.1, 0.15) is 18.1 Å². The lowest BCUT2D eigenvalue weighted by atomic mass is 10.3. The number of amides is 1. The van der Waals surface area contributed by atoms with E-state index in [1.54, 1.807) is 18.2 Å². The van der Waals surface area contributed by atoms with Crippen LogP contribution in [0.25, 0.3) is 0 Å². The maximum atomic E-state index is 11.3. The molecule has 0 saturated heterocycles. The number of ether oxygens (including phenoxy) is 1. The number of nitrogens with zero attached hydrogens (tertiary/aromatic N) is 1. The number of nitrogen functional groups attached to an aromatic ring is 1. The Balaban J connectivity index is 2.08. The first-order valence-electron chi connectivity index (χ1n) is 5.55. The highest BCUT2D eigenvalue weighted by Gasteiger charge is 2.06. The number of nitrogens with one attached hydrogen (secondary N) is 1. The van der Waals surface area contributed by atoms with Crippen molar-refractivity contribution in [3.05, 3.63) is 58.3 Å². The number of hydrogen-bond donors (Lipinski definition) is 2. The van der Waals surface area contributed by atoms with Gasteiger partial charge in [0.25, 0.3) is 5.91 Å². The second-order valence-corrected chi connectivity index (χ2v) is 4.56. The minimum atomic E-state index is -0.428. The molecule has 0 unspecified atom stereocenters. The average molecular weight is 322 g/mol. The van der Waals surface area contributed by atoms with Crippen molar-refractivity contribution in [1.29, 1.82) is 0 Å². The van der Waals surface area contributed by atoms with E-state index in [0.29, 0.717) is 5.69 Å². The summed E-state index contributed by atoms with van der Waals surface area (Å²) in [5.74, 6) is 5.35. The third-order valence-electron chi connectivity index (χ3n) is 2.38. The zero-order chi connectivity index (χ0) is 13.7. The Kier molecular flexibility index (Phi) is 4.48. The molecule has 0 radical (unpaired) electrons. The highest BCUT2D eigenvalue weighted by atomic mass is 79.9. The van der Waals surface area contributed by atoms with E-state index in [9.17, 15) is 4.79 Å². The predicted molar refractivity (Wildman–Crippen MR) is 74.4 cm³/mol. The fourth-order valence-electron chi connectivity index (χ4n) is 1.47. The van der Waals surface area contributed by atoms with Crippen LogP contribution in [0.4, 0.5) is 0 Å². The normalized spacial score (nSPS) is 10.0. The van der Waals surface area contributed by atoms with Gasteiger partial charge in [0.05, 0.1) is 10.2 Å². The van der Waals surface area contributed by atoms with Gasteiger partial charge in [0, 0.05) is 0 Å². The Hall–Kier alpha value is -1.92. The number of carbonyl (C=O) groups is 1. The third kappa shape index (κ3) is 3.52. The molecule has 6 heteroatoms. The molecule has 1 heterocycles. The molecule has 0 spiro atoms. The van der Waals surface area contributed by atoms with E-state index in [4.69, 9.17) is 10.6 Å². The average Bonchev–Trinajstić information content (AvgIpc) is 2.46. The van der Waals surface area contributed by atoms with Crippen molar-refractivity contribution >= 4 is 21.8 Å². The molecule has 3 N–H and O–H groups in total. The van der Waals surface area contributed by atoms with Gasteiger partial charge in [-0.15, -0.1) is 0 Å². The van der Waals surface area contributed by atoms with Crippen molar-refractivity contribution < 1.29 is 9.53 Å². The lowest BCUT2D eigenvalue weighted by Crippen LogP contribution is -2.30. The second-order valence-electron chi connectivity index (χ2n) is 3.71. The van der Waals surface area contributed by atoms with Crippen LogP contribution < -0.4 is 16.0 Å². The van der Waals surface area contributed by atoms with Crippen LogP contribution in [0.5, 0.6) is 5.75 Å². The number of benzene rings is 1. The Morgan fingerprint density at radius 2 is 2.05 bits per heavy atom. The summed E-state index contributed by atoms with van der Waals surface area (Å²) in [6.07, 6.45) is 0. The number of nitrogens with two attached hydrogens (primary N) is 1. The van der Waals surface area contributed by atoms with E-state index in [1.165, 1.54) is 0 Å². The quantitative estimate of drug-likeness (QED) is 0.513. The zero-order valence-corrected chi connectivity index (χ0v) is 11.6. The van der Waals surface area contributed by atoms with Crippen molar-refractivity contribution in [1.82, 2.24) is 10.4 Å². The predicted octanol–water partition coefficient (Wildman–Crippen LogP) is 2.03. The van der Waals surface area contributed by atoms with Crippen LogP contribution in [0.3, 0.4) is 0 Å². The molecule has 0 aliphatic carbocycles. The van der Waals surface area contributed by atoms with Crippen LogP contribution >= 0.6 is 15.9 Å². The van der Waals surface area contributed by atoms with Gasteiger partial charge >= 0.3 is 0 Å². The summed E-state index contributed by atoms with van der Waals surface area (Å²) in [6, 6.07) is 12.6. The molecule has 19 heavy (non-hydrogen) atoms. The fraction of sp³-hybridized carbons (Fsp3) is 0.0769. The lowest BCUT2D eigenvalue weighted by molar-refractivity contribution is 0.0948. The second kappa shape index (κ2) is 6.31. The van der Waals surface area contributed by atoms with Crippen molar-refractivity contribution in [2.24, 2.45) is 5.84 Å². The standard InChI is InChI=1S/C13H12BrN3O2/c14-10-5-1-2-7-12(10)19-8-9-4-3-6-11(16-9)13(18)17-15/h1-7H,8,15H2,(H,17,18). The van der Waals surface area contributed by atoms with Gasteiger partial charge in [-0.3, -0.25) is 10.2 Å². The molecule has 5 nitrogen and oxygen atoms in total. The van der Waals surface area contributed by atoms with Crippen LogP contribution in [0, 0.1) is 0 Å². The minimum Gasteiger partial charge on any atom is -0.486 e. The minimum absolute atomic E-state index is 0.260.